The van der Waals surface area contributed by atoms with Gasteiger partial charge in [0.2, 0.25) is 5.91 Å². The summed E-state index contributed by atoms with van der Waals surface area (Å²) in [6, 6.07) is 4.10. The first-order valence-electron chi connectivity index (χ1n) is 4.75. The lowest BCUT2D eigenvalue weighted by Crippen LogP contribution is -2.28. The van der Waals surface area contributed by atoms with Gasteiger partial charge in [-0.15, -0.1) is 0 Å². The summed E-state index contributed by atoms with van der Waals surface area (Å²) in [5.74, 6) is -0.300. The van der Waals surface area contributed by atoms with Crippen molar-refractivity contribution in [1.82, 2.24) is 4.90 Å². The van der Waals surface area contributed by atoms with Gasteiger partial charge >= 0.3 is 0 Å². The van der Waals surface area contributed by atoms with E-state index in [2.05, 4.69) is 0 Å². The summed E-state index contributed by atoms with van der Waals surface area (Å²) in [6.07, 6.45) is 0. The Kier molecular flexibility index (Phi) is 4.25. The van der Waals surface area contributed by atoms with Crippen molar-refractivity contribution in [3.8, 4) is 5.75 Å². The molecule has 0 aliphatic rings. The molecule has 0 heterocycles. The number of amides is 1. The normalized spacial score (nSPS) is 10.0. The second kappa shape index (κ2) is 5.46. The lowest BCUT2D eigenvalue weighted by Gasteiger charge is -2.17. The summed E-state index contributed by atoms with van der Waals surface area (Å²) in [7, 11) is 3.01. The summed E-state index contributed by atoms with van der Waals surface area (Å²) >= 11 is 0. The smallest absolute Gasteiger partial charge is 0.248 e. The highest BCUT2D eigenvalue weighted by molar-refractivity contribution is 5.76. The van der Waals surface area contributed by atoms with Gasteiger partial charge in [-0.05, 0) is 18.2 Å². The highest BCUT2D eigenvalue weighted by Crippen LogP contribution is 2.20. The number of hydrogen-bond acceptors (Lipinski definition) is 3. The van der Waals surface area contributed by atoms with Crippen molar-refractivity contribution in [2.75, 3.05) is 20.8 Å². The van der Waals surface area contributed by atoms with Crippen molar-refractivity contribution in [3.63, 3.8) is 0 Å². The van der Waals surface area contributed by atoms with E-state index in [1.54, 1.807) is 0 Å². The minimum Gasteiger partial charge on any atom is -0.496 e. The summed E-state index contributed by atoms with van der Waals surface area (Å²) in [5, 5.41) is 8.67. The van der Waals surface area contributed by atoms with Crippen LogP contribution in [0.5, 0.6) is 5.75 Å². The van der Waals surface area contributed by atoms with Crippen LogP contribution in [-0.2, 0) is 11.3 Å². The molecule has 0 aromatic heterocycles. The van der Waals surface area contributed by atoms with E-state index in [-0.39, 0.29) is 12.4 Å². The number of benzene rings is 1. The zero-order chi connectivity index (χ0) is 12.1. The fraction of sp³-hybridized carbons (Fsp3) is 0.364. The molecule has 1 N–H and O–H groups in total. The van der Waals surface area contributed by atoms with Gasteiger partial charge in [0.05, 0.1) is 7.11 Å². The number of hydrogen-bond donors (Lipinski definition) is 1. The highest BCUT2D eigenvalue weighted by Gasteiger charge is 2.11. The maximum absolute atomic E-state index is 13.0. The quantitative estimate of drug-likeness (QED) is 0.827. The van der Waals surface area contributed by atoms with Gasteiger partial charge in [-0.25, -0.2) is 4.39 Å². The zero-order valence-corrected chi connectivity index (χ0v) is 9.24. The van der Waals surface area contributed by atoms with E-state index in [9.17, 15) is 9.18 Å². The van der Waals surface area contributed by atoms with Crippen LogP contribution in [0.4, 0.5) is 4.39 Å². The van der Waals surface area contributed by atoms with Crippen LogP contribution in [-0.4, -0.2) is 36.7 Å². The van der Waals surface area contributed by atoms with Crippen LogP contribution < -0.4 is 4.74 Å². The molecule has 4 nitrogen and oxygen atoms in total. The van der Waals surface area contributed by atoms with Crippen LogP contribution in [0, 0.1) is 5.82 Å². The maximum atomic E-state index is 13.0. The number of likely N-dealkylation sites (N-methyl/N-ethyl adjacent to an activating group) is 1. The molecule has 1 rings (SSSR count). The van der Waals surface area contributed by atoms with Gasteiger partial charge in [0.1, 0.15) is 18.2 Å². The molecule has 0 saturated heterocycles. The van der Waals surface area contributed by atoms with Crippen molar-refractivity contribution in [2.45, 2.75) is 6.54 Å². The summed E-state index contributed by atoms with van der Waals surface area (Å²) < 4.78 is 18.1. The van der Waals surface area contributed by atoms with E-state index < -0.39 is 12.5 Å². The predicted molar refractivity (Wildman–Crippen MR) is 56.5 cm³/mol. The molecular weight excluding hydrogens is 213 g/mol. The number of carbonyl (C=O) groups excluding carboxylic acids is 1. The van der Waals surface area contributed by atoms with Crippen molar-refractivity contribution in [1.29, 1.82) is 0 Å². The Labute approximate surface area is 93.3 Å². The number of aliphatic hydroxyl groups is 1. The molecule has 1 amide bonds. The van der Waals surface area contributed by atoms with E-state index in [0.29, 0.717) is 11.3 Å². The number of rotatable bonds is 4. The topological polar surface area (TPSA) is 49.8 Å². The number of halogens is 1. The van der Waals surface area contributed by atoms with Gasteiger partial charge in [-0.1, -0.05) is 0 Å². The van der Waals surface area contributed by atoms with Crippen LogP contribution in [0.2, 0.25) is 0 Å². The first-order valence-corrected chi connectivity index (χ1v) is 4.75. The molecule has 0 aliphatic heterocycles. The van der Waals surface area contributed by atoms with E-state index in [4.69, 9.17) is 9.84 Å². The second-order valence-electron chi connectivity index (χ2n) is 3.36. The van der Waals surface area contributed by atoms with E-state index in [1.807, 2.05) is 0 Å². The fourth-order valence-electron chi connectivity index (χ4n) is 1.34. The van der Waals surface area contributed by atoms with Crippen molar-refractivity contribution in [3.05, 3.63) is 29.6 Å². The lowest BCUT2D eigenvalue weighted by molar-refractivity contribution is -0.133. The number of aliphatic hydroxyl groups excluding tert-OH is 1. The molecule has 1 aromatic carbocycles. The van der Waals surface area contributed by atoms with Gasteiger partial charge in [0.15, 0.2) is 0 Å². The van der Waals surface area contributed by atoms with Crippen molar-refractivity contribution < 1.29 is 19.0 Å². The third-order valence-electron chi connectivity index (χ3n) is 2.21. The summed E-state index contributed by atoms with van der Waals surface area (Å²) in [6.45, 7) is -0.367. The highest BCUT2D eigenvalue weighted by atomic mass is 19.1. The number of nitrogens with zero attached hydrogens (tertiary/aromatic N) is 1. The average molecular weight is 227 g/mol. The molecule has 0 fully saturated rings. The summed E-state index contributed by atoms with van der Waals surface area (Å²) in [5.41, 5.74) is 0.562. The summed E-state index contributed by atoms with van der Waals surface area (Å²) in [4.78, 5) is 12.4. The Balaban J connectivity index is 2.86. The van der Waals surface area contributed by atoms with Gasteiger partial charge in [-0.2, -0.15) is 0 Å². The Morgan fingerprint density at radius 2 is 2.25 bits per heavy atom. The molecule has 0 unspecified atom stereocenters. The molecular formula is C11H14FNO3. The van der Waals surface area contributed by atoms with Crippen LogP contribution >= 0.6 is 0 Å². The molecule has 0 bridgehead atoms. The fourth-order valence-corrected chi connectivity index (χ4v) is 1.34. The average Bonchev–Trinajstić information content (AvgIpc) is 2.28. The molecule has 88 valence electrons. The van der Waals surface area contributed by atoms with Crippen LogP contribution in [0.3, 0.4) is 0 Å². The van der Waals surface area contributed by atoms with Crippen LogP contribution in [0.15, 0.2) is 18.2 Å². The van der Waals surface area contributed by atoms with E-state index in [1.165, 1.54) is 37.3 Å². The lowest BCUT2D eigenvalue weighted by atomic mass is 10.2. The van der Waals surface area contributed by atoms with Crippen LogP contribution in [0.1, 0.15) is 5.56 Å². The van der Waals surface area contributed by atoms with Crippen molar-refractivity contribution in [2.24, 2.45) is 0 Å². The zero-order valence-electron chi connectivity index (χ0n) is 9.24. The number of carbonyl (C=O) groups is 1. The molecule has 0 saturated carbocycles. The molecule has 1 aromatic rings. The van der Waals surface area contributed by atoms with Gasteiger partial charge in [-0.3, -0.25) is 4.79 Å². The van der Waals surface area contributed by atoms with Gasteiger partial charge < -0.3 is 14.7 Å². The number of methoxy groups -OCH3 is 1. The first-order chi connectivity index (χ1) is 7.58. The maximum Gasteiger partial charge on any atom is 0.248 e. The Morgan fingerprint density at radius 1 is 1.56 bits per heavy atom. The van der Waals surface area contributed by atoms with Crippen molar-refractivity contribution >= 4 is 5.91 Å². The molecule has 0 atom stereocenters. The second-order valence-corrected chi connectivity index (χ2v) is 3.36. The Morgan fingerprint density at radius 3 is 2.81 bits per heavy atom. The SMILES string of the molecule is COc1ccc(F)cc1CN(C)C(=O)CO. The monoisotopic (exact) mass is 227 g/mol. The third kappa shape index (κ3) is 2.93. The van der Waals surface area contributed by atoms with E-state index in [0.717, 1.165) is 0 Å². The van der Waals surface area contributed by atoms with Crippen LogP contribution in [0.25, 0.3) is 0 Å². The van der Waals surface area contributed by atoms with Gasteiger partial charge in [0.25, 0.3) is 0 Å². The molecule has 0 aliphatic carbocycles. The molecule has 16 heavy (non-hydrogen) atoms. The number of ether oxygens (including phenoxy) is 1. The largest absolute Gasteiger partial charge is 0.496 e. The Hall–Kier alpha value is -1.62. The standard InChI is InChI=1S/C11H14FNO3/c1-13(11(15)7-14)6-8-5-9(12)3-4-10(8)16-2/h3-5,14H,6-7H2,1-2H3. The minimum atomic E-state index is -0.561. The Bertz CT molecular complexity index is 381. The first kappa shape index (κ1) is 12.4. The molecule has 5 heteroatoms. The molecule has 0 radical (unpaired) electrons. The predicted octanol–water partition coefficient (Wildman–Crippen LogP) is 0.785. The van der Waals surface area contributed by atoms with E-state index >= 15 is 0 Å². The minimum absolute atomic E-state index is 0.195. The van der Waals surface area contributed by atoms with Gasteiger partial charge in [0, 0.05) is 19.2 Å². The third-order valence-corrected chi connectivity index (χ3v) is 2.21. The molecule has 0 spiro atoms.